The second-order valence-electron chi connectivity index (χ2n) is 7.33. The van der Waals surface area contributed by atoms with Gasteiger partial charge in [0.25, 0.3) is 5.56 Å². The summed E-state index contributed by atoms with van der Waals surface area (Å²) in [6.07, 6.45) is 2.59. The molecule has 1 atom stereocenters. The summed E-state index contributed by atoms with van der Waals surface area (Å²) in [6.45, 7) is 1.81. The average molecular weight is 414 g/mol. The third kappa shape index (κ3) is 4.19. The molecule has 2 aromatic carbocycles. The van der Waals surface area contributed by atoms with Crippen molar-refractivity contribution < 1.29 is 4.74 Å². The fourth-order valence-corrected chi connectivity index (χ4v) is 3.61. The molecule has 2 aromatic heterocycles. The van der Waals surface area contributed by atoms with Gasteiger partial charge in [0.05, 0.1) is 11.2 Å². The molecule has 0 saturated carbocycles. The van der Waals surface area contributed by atoms with Gasteiger partial charge in [-0.1, -0.05) is 30.3 Å². The number of para-hydroxylation sites is 3. The summed E-state index contributed by atoms with van der Waals surface area (Å²) in [6, 6.07) is 19.1. The minimum atomic E-state index is -0.254. The first kappa shape index (κ1) is 19.1. The van der Waals surface area contributed by atoms with E-state index in [9.17, 15) is 4.79 Å². The third-order valence-electron chi connectivity index (χ3n) is 5.12. The summed E-state index contributed by atoms with van der Waals surface area (Å²) < 4.78 is 6.05. The number of hydrogen-bond acceptors (Lipinski definition) is 7. The molecule has 8 nitrogen and oxygen atoms in total. The fraction of sp³-hybridized carbons (Fsp3) is 0.174. The zero-order valence-corrected chi connectivity index (χ0v) is 16.8. The molecular weight excluding hydrogens is 392 g/mol. The number of fused-ring (bicyclic) bond motifs is 1. The van der Waals surface area contributed by atoms with Crippen LogP contribution in [0.25, 0.3) is 10.9 Å². The van der Waals surface area contributed by atoms with Gasteiger partial charge in [0.15, 0.2) is 5.75 Å². The van der Waals surface area contributed by atoms with Gasteiger partial charge in [-0.2, -0.15) is 4.98 Å². The molecule has 1 saturated heterocycles. The predicted octanol–water partition coefficient (Wildman–Crippen LogP) is 3.63. The van der Waals surface area contributed by atoms with Crippen molar-refractivity contribution in [2.45, 2.75) is 12.5 Å². The number of aromatic nitrogens is 3. The van der Waals surface area contributed by atoms with Crippen molar-refractivity contribution in [3.8, 4) is 11.5 Å². The number of ether oxygens (including phenoxy) is 1. The van der Waals surface area contributed by atoms with Gasteiger partial charge >= 0.3 is 0 Å². The number of H-pyrrole nitrogens is 1. The summed E-state index contributed by atoms with van der Waals surface area (Å²) in [5.74, 6) is 2.25. The smallest absolute Gasteiger partial charge is 0.261 e. The van der Waals surface area contributed by atoms with E-state index in [1.54, 1.807) is 12.3 Å². The molecule has 0 radical (unpaired) electrons. The molecule has 8 heteroatoms. The van der Waals surface area contributed by atoms with Crippen LogP contribution >= 0.6 is 0 Å². The Hall–Kier alpha value is -3.91. The van der Waals surface area contributed by atoms with E-state index >= 15 is 0 Å². The standard InChI is InChI=1S/C23H22N6O2/c30-22-20-18(11-13-25-22)28-23(26-15-10-12-24-14-15)29-21(20)27-17-8-4-5-9-19(17)31-16-6-2-1-3-7-16/h1-9,11,13,15,24H,10,12,14H2,(H,25,30)(H2,26,27,28,29). The molecule has 156 valence electrons. The predicted molar refractivity (Wildman–Crippen MR) is 121 cm³/mol. The Bertz CT molecular complexity index is 1250. The number of aromatic amines is 1. The lowest BCUT2D eigenvalue weighted by atomic mass is 10.2. The molecule has 1 aliphatic heterocycles. The van der Waals surface area contributed by atoms with Gasteiger partial charge in [-0.3, -0.25) is 4.79 Å². The van der Waals surface area contributed by atoms with E-state index in [2.05, 4.69) is 30.9 Å². The lowest BCUT2D eigenvalue weighted by molar-refractivity contribution is 0.485. The van der Waals surface area contributed by atoms with Crippen molar-refractivity contribution in [1.82, 2.24) is 20.3 Å². The minimum absolute atomic E-state index is 0.251. The van der Waals surface area contributed by atoms with Gasteiger partial charge in [-0.05, 0) is 43.3 Å². The molecule has 4 N–H and O–H groups in total. The summed E-state index contributed by atoms with van der Waals surface area (Å²) in [5.41, 5.74) is 1.01. The van der Waals surface area contributed by atoms with E-state index in [0.717, 1.165) is 25.3 Å². The number of hydrogen-bond donors (Lipinski definition) is 4. The molecule has 0 aliphatic carbocycles. The molecular formula is C23H22N6O2. The lowest BCUT2D eigenvalue weighted by Crippen LogP contribution is -2.24. The Kier molecular flexibility index (Phi) is 5.20. The van der Waals surface area contributed by atoms with Crippen LogP contribution in [0.3, 0.4) is 0 Å². The van der Waals surface area contributed by atoms with Crippen LogP contribution in [0.4, 0.5) is 17.5 Å². The monoisotopic (exact) mass is 414 g/mol. The number of rotatable bonds is 6. The Labute approximate surface area is 178 Å². The van der Waals surface area contributed by atoms with E-state index in [4.69, 9.17) is 4.74 Å². The zero-order chi connectivity index (χ0) is 21.0. The van der Waals surface area contributed by atoms with Gasteiger partial charge in [0.2, 0.25) is 5.95 Å². The molecule has 0 bridgehead atoms. The van der Waals surface area contributed by atoms with Gasteiger partial charge in [-0.25, -0.2) is 4.98 Å². The maximum Gasteiger partial charge on any atom is 0.261 e. The summed E-state index contributed by atoms with van der Waals surface area (Å²) in [7, 11) is 0. The molecule has 1 aliphatic rings. The Morgan fingerprint density at radius 3 is 2.68 bits per heavy atom. The largest absolute Gasteiger partial charge is 0.455 e. The van der Waals surface area contributed by atoms with Gasteiger partial charge < -0.3 is 25.7 Å². The first-order valence-corrected chi connectivity index (χ1v) is 10.2. The fourth-order valence-electron chi connectivity index (χ4n) is 3.61. The van der Waals surface area contributed by atoms with Crippen molar-refractivity contribution in [3.63, 3.8) is 0 Å². The molecule has 3 heterocycles. The van der Waals surface area contributed by atoms with Gasteiger partial charge in [-0.15, -0.1) is 0 Å². The summed E-state index contributed by atoms with van der Waals surface area (Å²) in [5, 5.41) is 10.4. The second-order valence-corrected chi connectivity index (χ2v) is 7.33. The van der Waals surface area contributed by atoms with Gasteiger partial charge in [0.1, 0.15) is 17.0 Å². The van der Waals surface area contributed by atoms with Crippen LogP contribution in [-0.2, 0) is 0 Å². The second kappa shape index (κ2) is 8.45. The molecule has 31 heavy (non-hydrogen) atoms. The number of nitrogens with zero attached hydrogens (tertiary/aromatic N) is 2. The number of anilines is 3. The quantitative estimate of drug-likeness (QED) is 0.382. The van der Waals surface area contributed by atoms with Crippen molar-refractivity contribution in [2.24, 2.45) is 0 Å². The van der Waals surface area contributed by atoms with Crippen molar-refractivity contribution in [3.05, 3.63) is 77.2 Å². The molecule has 0 amide bonds. The Morgan fingerprint density at radius 1 is 1.00 bits per heavy atom. The average Bonchev–Trinajstić information content (AvgIpc) is 3.29. The van der Waals surface area contributed by atoms with Crippen LogP contribution in [0.15, 0.2) is 71.7 Å². The topological polar surface area (TPSA) is 104 Å². The van der Waals surface area contributed by atoms with Crippen LogP contribution in [0.1, 0.15) is 6.42 Å². The van der Waals surface area contributed by atoms with Gasteiger partial charge in [0, 0.05) is 18.8 Å². The number of benzene rings is 2. The Morgan fingerprint density at radius 2 is 1.84 bits per heavy atom. The SMILES string of the molecule is O=c1[nH]ccc2nc(NC3CCNC3)nc(Nc3ccccc3Oc3ccccc3)c12. The summed E-state index contributed by atoms with van der Waals surface area (Å²) in [4.78, 5) is 24.5. The molecule has 1 fully saturated rings. The molecule has 1 unspecified atom stereocenters. The first-order chi connectivity index (χ1) is 15.3. The number of nitrogens with one attached hydrogen (secondary N) is 4. The minimum Gasteiger partial charge on any atom is -0.455 e. The highest BCUT2D eigenvalue weighted by molar-refractivity contribution is 5.91. The van der Waals surface area contributed by atoms with Crippen molar-refractivity contribution in [2.75, 3.05) is 23.7 Å². The van der Waals surface area contributed by atoms with Crippen LogP contribution in [0, 0.1) is 0 Å². The van der Waals surface area contributed by atoms with Crippen molar-refractivity contribution in [1.29, 1.82) is 0 Å². The molecule has 0 spiro atoms. The van der Waals surface area contributed by atoms with Crippen LogP contribution in [0.5, 0.6) is 11.5 Å². The van der Waals surface area contributed by atoms with Crippen LogP contribution < -0.4 is 26.2 Å². The highest BCUT2D eigenvalue weighted by Gasteiger charge is 2.18. The highest BCUT2D eigenvalue weighted by Crippen LogP contribution is 2.32. The lowest BCUT2D eigenvalue weighted by Gasteiger charge is -2.16. The maximum absolute atomic E-state index is 12.6. The maximum atomic E-state index is 12.6. The summed E-state index contributed by atoms with van der Waals surface area (Å²) >= 11 is 0. The molecule has 5 rings (SSSR count). The number of pyridine rings is 1. The zero-order valence-electron chi connectivity index (χ0n) is 16.8. The van der Waals surface area contributed by atoms with Crippen LogP contribution in [-0.4, -0.2) is 34.1 Å². The van der Waals surface area contributed by atoms with E-state index in [-0.39, 0.29) is 11.6 Å². The highest BCUT2D eigenvalue weighted by atomic mass is 16.5. The molecule has 4 aromatic rings. The normalized spacial score (nSPS) is 15.7. The van der Waals surface area contributed by atoms with Crippen molar-refractivity contribution >= 4 is 28.4 Å². The third-order valence-corrected chi connectivity index (χ3v) is 5.12. The van der Waals surface area contributed by atoms with E-state index in [1.807, 2.05) is 54.6 Å². The van der Waals surface area contributed by atoms with Crippen LogP contribution in [0.2, 0.25) is 0 Å². The van der Waals surface area contributed by atoms with E-state index in [1.165, 1.54) is 0 Å². The first-order valence-electron chi connectivity index (χ1n) is 10.2. The van der Waals surface area contributed by atoms with E-state index in [0.29, 0.717) is 34.1 Å². The van der Waals surface area contributed by atoms with E-state index < -0.39 is 0 Å². The Balaban J connectivity index is 1.53.